The van der Waals surface area contributed by atoms with E-state index in [1.54, 1.807) is 0 Å². The number of anilines is 1. The van der Waals surface area contributed by atoms with Crippen LogP contribution in [-0.2, 0) is 8.37 Å². The Hall–Kier alpha value is -0.900. The van der Waals surface area contributed by atoms with Crippen molar-refractivity contribution in [1.29, 1.82) is 0 Å². The molecule has 1 aromatic rings. The number of rotatable bonds is 8. The van der Waals surface area contributed by atoms with E-state index in [1.165, 1.54) is 5.41 Å². The Kier molecular flexibility index (Phi) is 7.20. The quantitative estimate of drug-likeness (QED) is 0.256. The molecule has 0 saturated heterocycles. The van der Waals surface area contributed by atoms with Crippen LogP contribution in [0, 0.1) is 23.3 Å². The van der Waals surface area contributed by atoms with E-state index < -0.39 is 33.9 Å². The molecule has 3 nitrogen and oxygen atoms in total. The van der Waals surface area contributed by atoms with Gasteiger partial charge in [-0.1, -0.05) is 6.58 Å². The molecule has 0 aliphatic rings. The maximum absolute atomic E-state index is 13.4. The first-order valence-corrected chi connectivity index (χ1v) is 6.85. The summed E-state index contributed by atoms with van der Waals surface area (Å²) in [5.74, 6) is -6.43. The first-order valence-electron chi connectivity index (χ1n) is 5.30. The number of hydrogen-bond acceptors (Lipinski definition) is 5. The molecule has 0 saturated carbocycles. The van der Waals surface area contributed by atoms with Gasteiger partial charge in [0.2, 0.25) is 0 Å². The molecule has 0 radical (unpaired) electrons. The summed E-state index contributed by atoms with van der Waals surface area (Å²) in [6, 6.07) is 0. The van der Waals surface area contributed by atoms with Gasteiger partial charge < -0.3 is 14.1 Å². The smallest absolute Gasteiger partial charge is 0.186 e. The number of hydrogen-bond donors (Lipinski definition) is 1. The van der Waals surface area contributed by atoms with Crippen molar-refractivity contribution < 1.29 is 25.9 Å². The summed E-state index contributed by atoms with van der Waals surface area (Å²) < 4.78 is 62.9. The van der Waals surface area contributed by atoms with Crippen LogP contribution in [-0.4, -0.2) is 13.2 Å². The molecule has 0 aliphatic heterocycles. The lowest BCUT2D eigenvalue weighted by molar-refractivity contribution is 0.294. The molecular formula is C11H11F4NO2S2. The van der Waals surface area contributed by atoms with Gasteiger partial charge in [0.15, 0.2) is 23.3 Å². The van der Waals surface area contributed by atoms with Crippen LogP contribution >= 0.6 is 24.1 Å². The molecule has 0 fully saturated rings. The molecule has 0 atom stereocenters. The summed E-state index contributed by atoms with van der Waals surface area (Å²) in [6.07, 6.45) is 0.428. The predicted molar refractivity (Wildman–Crippen MR) is 70.9 cm³/mol. The summed E-state index contributed by atoms with van der Waals surface area (Å²) in [5, 5.41) is 1.49. The largest absolute Gasteiger partial charge is 0.394 e. The molecule has 2 N–H and O–H groups in total. The zero-order valence-electron chi connectivity index (χ0n) is 10.1. The molecular weight excluding hydrogens is 318 g/mol. The minimum Gasteiger partial charge on any atom is -0.394 e. The molecule has 0 aromatic heterocycles. The fourth-order valence-electron chi connectivity index (χ4n) is 1.08. The summed E-state index contributed by atoms with van der Waals surface area (Å²) in [7, 11) is 0. The Morgan fingerprint density at radius 3 is 2.10 bits per heavy atom. The van der Waals surface area contributed by atoms with Gasteiger partial charge in [-0.15, -0.1) is 0 Å². The second kappa shape index (κ2) is 8.40. The summed E-state index contributed by atoms with van der Waals surface area (Å²) >= 11 is 1.25. The Morgan fingerprint density at radius 1 is 1.00 bits per heavy atom. The lowest BCUT2D eigenvalue weighted by atomic mass is 10.2. The van der Waals surface area contributed by atoms with Crippen molar-refractivity contribution in [3.05, 3.63) is 35.3 Å². The van der Waals surface area contributed by atoms with Gasteiger partial charge in [-0.3, -0.25) is 0 Å². The molecule has 9 heteroatoms. The van der Waals surface area contributed by atoms with E-state index in [0.717, 1.165) is 12.0 Å². The van der Waals surface area contributed by atoms with E-state index in [-0.39, 0.29) is 18.6 Å². The standard InChI is InChI=1S/C11H11F4NO2S2/c1-2-19-17-4-3-5-18-20-11-8(14)6(12)10(16)7(13)9(11)15/h2H,1,3-5,16H2. The van der Waals surface area contributed by atoms with Crippen molar-refractivity contribution in [2.45, 2.75) is 11.3 Å². The second-order valence-electron chi connectivity index (χ2n) is 3.34. The van der Waals surface area contributed by atoms with Gasteiger partial charge >= 0.3 is 0 Å². The normalized spacial score (nSPS) is 10.8. The van der Waals surface area contributed by atoms with Crippen molar-refractivity contribution >= 4 is 29.8 Å². The first kappa shape index (κ1) is 17.2. The third kappa shape index (κ3) is 4.30. The average Bonchev–Trinajstić information content (AvgIpc) is 2.45. The molecule has 0 unspecified atom stereocenters. The van der Waals surface area contributed by atoms with Crippen LogP contribution in [0.1, 0.15) is 6.42 Å². The summed E-state index contributed by atoms with van der Waals surface area (Å²) in [6.45, 7) is 3.82. The minimum atomic E-state index is -1.64. The van der Waals surface area contributed by atoms with Crippen LogP contribution in [0.15, 0.2) is 16.9 Å². The number of halogens is 4. The Labute approximate surface area is 121 Å². The SMILES string of the molecule is C=CSOCCCOSc1c(F)c(F)c(N)c(F)c1F. The van der Waals surface area contributed by atoms with E-state index >= 15 is 0 Å². The third-order valence-electron chi connectivity index (χ3n) is 1.99. The molecule has 20 heavy (non-hydrogen) atoms. The van der Waals surface area contributed by atoms with E-state index in [1.807, 2.05) is 0 Å². The summed E-state index contributed by atoms with van der Waals surface area (Å²) in [5.41, 5.74) is 3.67. The molecule has 0 aliphatic carbocycles. The highest BCUT2D eigenvalue weighted by molar-refractivity contribution is 7.97. The van der Waals surface area contributed by atoms with Gasteiger partial charge in [0, 0.05) is 24.1 Å². The zero-order chi connectivity index (χ0) is 15.1. The molecule has 0 spiro atoms. The van der Waals surface area contributed by atoms with Crippen LogP contribution in [0.3, 0.4) is 0 Å². The molecule has 0 heterocycles. The Morgan fingerprint density at radius 2 is 1.55 bits per heavy atom. The maximum Gasteiger partial charge on any atom is 0.186 e. The van der Waals surface area contributed by atoms with E-state index in [2.05, 4.69) is 6.58 Å². The van der Waals surface area contributed by atoms with Gasteiger partial charge in [0.05, 0.1) is 13.2 Å². The number of benzene rings is 1. The highest BCUT2D eigenvalue weighted by Gasteiger charge is 2.24. The Balaban J connectivity index is 2.54. The average molecular weight is 329 g/mol. The fraction of sp³-hybridized carbons (Fsp3) is 0.273. The van der Waals surface area contributed by atoms with E-state index in [0.29, 0.717) is 13.0 Å². The van der Waals surface area contributed by atoms with Gasteiger partial charge in [0.25, 0.3) is 0 Å². The minimum absolute atomic E-state index is 0.0782. The van der Waals surface area contributed by atoms with Crippen LogP contribution in [0.2, 0.25) is 0 Å². The van der Waals surface area contributed by atoms with Crippen molar-refractivity contribution in [3.63, 3.8) is 0 Å². The fourth-order valence-corrected chi connectivity index (χ4v) is 2.03. The highest BCUT2D eigenvalue weighted by Crippen LogP contribution is 2.33. The van der Waals surface area contributed by atoms with Crippen LogP contribution in [0.25, 0.3) is 0 Å². The van der Waals surface area contributed by atoms with Gasteiger partial charge in [0.1, 0.15) is 10.6 Å². The predicted octanol–water partition coefficient (Wildman–Crippen LogP) is 4.05. The van der Waals surface area contributed by atoms with E-state index in [4.69, 9.17) is 14.1 Å². The third-order valence-corrected chi connectivity index (χ3v) is 3.24. The monoisotopic (exact) mass is 329 g/mol. The Bertz CT molecular complexity index is 459. The topological polar surface area (TPSA) is 44.5 Å². The zero-order valence-corrected chi connectivity index (χ0v) is 11.8. The van der Waals surface area contributed by atoms with Gasteiger partial charge in [-0.25, -0.2) is 17.6 Å². The highest BCUT2D eigenvalue weighted by atomic mass is 32.2. The number of nitrogen functional groups attached to an aromatic ring is 1. The molecule has 0 bridgehead atoms. The maximum atomic E-state index is 13.4. The lowest BCUT2D eigenvalue weighted by Gasteiger charge is -2.08. The summed E-state index contributed by atoms with van der Waals surface area (Å²) in [4.78, 5) is -0.907. The molecule has 1 aromatic carbocycles. The van der Waals surface area contributed by atoms with Gasteiger partial charge in [-0.2, -0.15) is 0 Å². The molecule has 1 rings (SSSR count). The van der Waals surface area contributed by atoms with E-state index in [9.17, 15) is 17.6 Å². The molecule has 0 amide bonds. The van der Waals surface area contributed by atoms with Crippen molar-refractivity contribution in [2.24, 2.45) is 0 Å². The first-order chi connectivity index (χ1) is 9.50. The van der Waals surface area contributed by atoms with Crippen molar-refractivity contribution in [3.8, 4) is 0 Å². The number of nitrogens with two attached hydrogens (primary N) is 1. The second-order valence-corrected chi connectivity index (χ2v) is 4.91. The van der Waals surface area contributed by atoms with Crippen LogP contribution < -0.4 is 5.73 Å². The van der Waals surface area contributed by atoms with Crippen molar-refractivity contribution in [1.82, 2.24) is 0 Å². The van der Waals surface area contributed by atoms with Crippen LogP contribution in [0.5, 0.6) is 0 Å². The lowest BCUT2D eigenvalue weighted by Crippen LogP contribution is -2.05. The van der Waals surface area contributed by atoms with Crippen LogP contribution in [0.4, 0.5) is 23.2 Å². The van der Waals surface area contributed by atoms with Gasteiger partial charge in [-0.05, 0) is 11.8 Å². The van der Waals surface area contributed by atoms with Crippen molar-refractivity contribution in [2.75, 3.05) is 18.9 Å². The molecule has 112 valence electrons.